The normalized spacial score (nSPS) is 19.0. The van der Waals surface area contributed by atoms with E-state index >= 15 is 0 Å². The number of halogens is 2. The number of hydrogen-bond acceptors (Lipinski definition) is 7. The van der Waals surface area contributed by atoms with Crippen LogP contribution in [-0.2, 0) is 38.9 Å². The fourth-order valence-corrected chi connectivity index (χ4v) is 4.30. The van der Waals surface area contributed by atoms with Gasteiger partial charge in [-0.3, -0.25) is 4.79 Å². The number of nitrogens with zero attached hydrogens (tertiary/aromatic N) is 1. The smallest absolute Gasteiger partial charge is 0.299 e. The van der Waals surface area contributed by atoms with E-state index < -0.39 is 45.2 Å². The van der Waals surface area contributed by atoms with Gasteiger partial charge in [0.1, 0.15) is 18.2 Å². The summed E-state index contributed by atoms with van der Waals surface area (Å²) in [5, 5.41) is 16.8. The van der Waals surface area contributed by atoms with Crippen molar-refractivity contribution >= 4 is 22.0 Å². The number of nitrogens with one attached hydrogen (secondary N) is 3. The predicted octanol–water partition coefficient (Wildman–Crippen LogP) is 1.40. The second-order valence-electron chi connectivity index (χ2n) is 9.29. The number of aliphatic hydroxyl groups is 1. The van der Waals surface area contributed by atoms with Gasteiger partial charge in [-0.2, -0.15) is 0 Å². The van der Waals surface area contributed by atoms with Crippen LogP contribution in [0, 0.1) is 11.6 Å². The van der Waals surface area contributed by atoms with E-state index in [1.165, 1.54) is 12.5 Å². The molecule has 0 saturated carbocycles. The lowest BCUT2D eigenvalue weighted by molar-refractivity contribution is -0.127. The van der Waals surface area contributed by atoms with Crippen molar-refractivity contribution in [2.45, 2.75) is 50.9 Å². The monoisotopic (exact) mass is 538 g/mol. The van der Waals surface area contributed by atoms with Gasteiger partial charge in [-0.25, -0.2) is 26.9 Å². The van der Waals surface area contributed by atoms with Crippen LogP contribution in [0.4, 0.5) is 8.78 Å². The highest BCUT2D eigenvalue weighted by Gasteiger charge is 2.41. The molecule has 1 heterocycles. The van der Waals surface area contributed by atoms with E-state index in [2.05, 4.69) is 33.3 Å². The lowest BCUT2D eigenvalue weighted by Gasteiger charge is -2.28. The van der Waals surface area contributed by atoms with Crippen LogP contribution in [0.1, 0.15) is 30.5 Å². The van der Waals surface area contributed by atoms with Gasteiger partial charge in [0.2, 0.25) is 10.0 Å². The Morgan fingerprint density at radius 3 is 2.49 bits per heavy atom. The first-order chi connectivity index (χ1) is 17.4. The lowest BCUT2D eigenvalue weighted by Crippen LogP contribution is -2.54. The maximum Gasteiger partial charge on any atom is 0.299 e. The molecule has 0 bridgehead atoms. The maximum absolute atomic E-state index is 13.8. The second-order valence-corrected chi connectivity index (χ2v) is 11.0. The van der Waals surface area contributed by atoms with Crippen molar-refractivity contribution in [2.24, 2.45) is 4.99 Å². The molecular formula is C25H32F2N4O5S. The molecule has 9 nitrogen and oxygen atoms in total. The lowest BCUT2D eigenvalue weighted by atomic mass is 9.98. The SMILES string of the molecule is CCc1cccc(CNC[C@@H](O)[C@H](Cc2cc(F)cc(F)c2)NC(=O)C2(C)COC(NS(C)(=O)=O)=N2)c1. The molecule has 1 amide bonds. The molecule has 3 atom stereocenters. The first kappa shape index (κ1) is 28.5. The zero-order valence-corrected chi connectivity index (χ0v) is 21.7. The number of rotatable bonds is 11. The maximum atomic E-state index is 13.8. The predicted molar refractivity (Wildman–Crippen MR) is 135 cm³/mol. The van der Waals surface area contributed by atoms with Crippen molar-refractivity contribution in [1.29, 1.82) is 0 Å². The van der Waals surface area contributed by atoms with Crippen LogP contribution in [0.2, 0.25) is 0 Å². The summed E-state index contributed by atoms with van der Waals surface area (Å²) in [6, 6.07) is 9.71. The standard InChI is InChI=1S/C25H32F2N4O5S/c1-4-16-6-5-7-17(8-16)13-28-14-22(32)21(11-18-9-19(26)12-20(27)10-18)29-23(33)25(2)15-36-24(30-25)31-37(3,34)35/h5-10,12,21-22,28,32H,4,11,13-15H2,1-3H3,(H,29,33)(H,30,31)/t21-,22+,25?/m0/s1. The Morgan fingerprint density at radius 1 is 1.16 bits per heavy atom. The van der Waals surface area contributed by atoms with E-state index in [1.54, 1.807) is 0 Å². The number of carbonyl (C=O) groups is 1. The van der Waals surface area contributed by atoms with E-state index in [0.717, 1.165) is 36.4 Å². The summed E-state index contributed by atoms with van der Waals surface area (Å²) < 4.78 is 57.8. The number of benzene rings is 2. The summed E-state index contributed by atoms with van der Waals surface area (Å²) in [5.74, 6) is -2.20. The molecule has 0 saturated heterocycles. The third-order valence-corrected chi connectivity index (χ3v) is 6.39. The third-order valence-electron chi connectivity index (χ3n) is 5.84. The summed E-state index contributed by atoms with van der Waals surface area (Å²) in [4.78, 5) is 17.2. The van der Waals surface area contributed by atoms with Crippen LogP contribution < -0.4 is 15.4 Å². The summed E-state index contributed by atoms with van der Waals surface area (Å²) in [6.07, 6.45) is 0.614. The topological polar surface area (TPSA) is 129 Å². The fraction of sp³-hybridized carbons (Fsp3) is 0.440. The Bertz CT molecular complexity index is 1240. The summed E-state index contributed by atoms with van der Waals surface area (Å²) in [5.41, 5.74) is 0.963. The van der Waals surface area contributed by atoms with Crippen LogP contribution in [0.15, 0.2) is 47.5 Å². The summed E-state index contributed by atoms with van der Waals surface area (Å²) in [7, 11) is -3.66. The molecule has 37 heavy (non-hydrogen) atoms. The molecule has 0 fully saturated rings. The van der Waals surface area contributed by atoms with E-state index in [9.17, 15) is 27.1 Å². The van der Waals surface area contributed by atoms with Crippen LogP contribution in [0.5, 0.6) is 0 Å². The van der Waals surface area contributed by atoms with Gasteiger partial charge in [0.25, 0.3) is 11.9 Å². The van der Waals surface area contributed by atoms with Crippen LogP contribution in [0.3, 0.4) is 0 Å². The molecule has 1 aliphatic heterocycles. The van der Waals surface area contributed by atoms with Gasteiger partial charge in [-0.05, 0) is 48.6 Å². The minimum atomic E-state index is -3.66. The minimum Gasteiger partial charge on any atom is -0.461 e. The summed E-state index contributed by atoms with van der Waals surface area (Å²) >= 11 is 0. The van der Waals surface area contributed by atoms with E-state index in [4.69, 9.17) is 4.74 Å². The van der Waals surface area contributed by atoms with Crippen molar-refractivity contribution in [1.82, 2.24) is 15.4 Å². The Labute approximate surface area is 215 Å². The molecule has 4 N–H and O–H groups in total. The van der Waals surface area contributed by atoms with Crippen molar-refractivity contribution in [3.05, 3.63) is 70.8 Å². The molecular weight excluding hydrogens is 506 g/mol. The van der Waals surface area contributed by atoms with Gasteiger partial charge in [-0.1, -0.05) is 31.2 Å². The van der Waals surface area contributed by atoms with E-state index in [-0.39, 0.29) is 31.2 Å². The Hall–Kier alpha value is -3.09. The number of aliphatic imine (C=N–C) groups is 1. The zero-order valence-electron chi connectivity index (χ0n) is 20.9. The van der Waals surface area contributed by atoms with Gasteiger partial charge in [-0.15, -0.1) is 0 Å². The molecule has 0 aliphatic carbocycles. The van der Waals surface area contributed by atoms with Crippen LogP contribution in [-0.4, -0.2) is 62.5 Å². The van der Waals surface area contributed by atoms with Crippen LogP contribution in [0.25, 0.3) is 0 Å². The van der Waals surface area contributed by atoms with Crippen molar-refractivity contribution in [3.8, 4) is 0 Å². The molecule has 202 valence electrons. The number of ether oxygens (including phenoxy) is 1. The van der Waals surface area contributed by atoms with Gasteiger partial charge in [0, 0.05) is 19.2 Å². The number of aliphatic hydroxyl groups excluding tert-OH is 1. The molecule has 1 aliphatic rings. The number of aryl methyl sites for hydroxylation is 1. The van der Waals surface area contributed by atoms with Crippen molar-refractivity contribution < 1.29 is 31.8 Å². The van der Waals surface area contributed by atoms with Crippen LogP contribution >= 0.6 is 0 Å². The first-order valence-corrected chi connectivity index (χ1v) is 13.7. The van der Waals surface area contributed by atoms with E-state index in [1.807, 2.05) is 18.2 Å². The number of amides is 1. The zero-order chi connectivity index (χ0) is 27.2. The minimum absolute atomic E-state index is 0.0658. The van der Waals surface area contributed by atoms with Gasteiger partial charge in [0.15, 0.2) is 5.54 Å². The molecule has 0 aromatic heterocycles. The molecule has 3 rings (SSSR count). The third kappa shape index (κ3) is 8.48. The quantitative estimate of drug-likeness (QED) is 0.342. The highest BCUT2D eigenvalue weighted by molar-refractivity contribution is 7.89. The molecule has 2 aromatic rings. The summed E-state index contributed by atoms with van der Waals surface area (Å²) in [6.45, 7) is 3.82. The van der Waals surface area contributed by atoms with Gasteiger partial charge < -0.3 is 20.5 Å². The van der Waals surface area contributed by atoms with Crippen molar-refractivity contribution in [2.75, 3.05) is 19.4 Å². The Balaban J connectivity index is 1.73. The van der Waals surface area contributed by atoms with E-state index in [0.29, 0.717) is 6.54 Å². The number of hydrogen-bond donors (Lipinski definition) is 4. The average molecular weight is 539 g/mol. The number of sulfonamides is 1. The van der Waals surface area contributed by atoms with Crippen molar-refractivity contribution in [3.63, 3.8) is 0 Å². The average Bonchev–Trinajstić information content (AvgIpc) is 3.18. The molecule has 0 radical (unpaired) electrons. The Morgan fingerprint density at radius 2 is 1.84 bits per heavy atom. The molecule has 12 heteroatoms. The Kier molecular flexibility index (Phi) is 9.21. The molecule has 2 aromatic carbocycles. The van der Waals surface area contributed by atoms with Gasteiger partial charge in [0.05, 0.1) is 18.4 Å². The molecule has 1 unspecified atom stereocenters. The first-order valence-electron chi connectivity index (χ1n) is 11.8. The highest BCUT2D eigenvalue weighted by Crippen LogP contribution is 2.20. The number of carbonyl (C=O) groups excluding carboxylic acids is 1. The molecule has 0 spiro atoms. The number of amidine groups is 1. The highest BCUT2D eigenvalue weighted by atomic mass is 32.2. The second kappa shape index (κ2) is 12.0. The fourth-order valence-electron chi connectivity index (χ4n) is 3.88. The largest absolute Gasteiger partial charge is 0.461 e. The van der Waals surface area contributed by atoms with Gasteiger partial charge >= 0.3 is 0 Å².